The maximum Gasteiger partial charge on any atom is 0.251 e. The summed E-state index contributed by atoms with van der Waals surface area (Å²) in [4.78, 5) is 12.4. The Morgan fingerprint density at radius 2 is 1.70 bits per heavy atom. The highest BCUT2D eigenvalue weighted by molar-refractivity contribution is 7.89. The van der Waals surface area contributed by atoms with Crippen LogP contribution < -0.4 is 10.6 Å². The van der Waals surface area contributed by atoms with E-state index in [0.29, 0.717) is 12.1 Å². The summed E-state index contributed by atoms with van der Waals surface area (Å²) in [5, 5.41) is 6.04. The van der Waals surface area contributed by atoms with Gasteiger partial charge in [-0.3, -0.25) is 4.79 Å². The van der Waals surface area contributed by atoms with E-state index in [1.165, 1.54) is 22.9 Å². The van der Waals surface area contributed by atoms with Crippen LogP contribution >= 0.6 is 12.4 Å². The number of carbonyl (C=O) groups is 1. The fourth-order valence-electron chi connectivity index (χ4n) is 3.25. The Balaban J connectivity index is 0.00000364. The highest BCUT2D eigenvalue weighted by Crippen LogP contribution is 2.26. The number of hydrogen-bond acceptors (Lipinski definition) is 4. The first-order valence-corrected chi connectivity index (χ1v) is 11.0. The van der Waals surface area contributed by atoms with Crippen LogP contribution in [0.2, 0.25) is 0 Å². The van der Waals surface area contributed by atoms with Gasteiger partial charge in [-0.05, 0) is 50.1 Å². The predicted octanol–water partition coefficient (Wildman–Crippen LogP) is 2.79. The summed E-state index contributed by atoms with van der Waals surface area (Å²) >= 11 is 0. The molecule has 8 heteroatoms. The van der Waals surface area contributed by atoms with Gasteiger partial charge < -0.3 is 10.6 Å². The van der Waals surface area contributed by atoms with Gasteiger partial charge in [-0.15, -0.1) is 12.4 Å². The highest BCUT2D eigenvalue weighted by atomic mass is 35.5. The Labute approximate surface area is 169 Å². The van der Waals surface area contributed by atoms with Gasteiger partial charge in [-0.25, -0.2) is 8.42 Å². The number of sulfonamides is 1. The summed E-state index contributed by atoms with van der Waals surface area (Å²) in [6.45, 7) is 4.28. The molecule has 6 nitrogen and oxygen atoms in total. The average Bonchev–Trinajstić information content (AvgIpc) is 2.67. The Kier molecular flexibility index (Phi) is 10.3. The molecule has 27 heavy (non-hydrogen) atoms. The third-order valence-electron chi connectivity index (χ3n) is 4.90. The van der Waals surface area contributed by atoms with E-state index in [9.17, 15) is 13.2 Å². The molecule has 1 fully saturated rings. The van der Waals surface area contributed by atoms with Gasteiger partial charge in [-0.2, -0.15) is 4.31 Å². The molecule has 0 aliphatic heterocycles. The summed E-state index contributed by atoms with van der Waals surface area (Å²) < 4.78 is 27.1. The highest BCUT2D eigenvalue weighted by Gasteiger charge is 2.29. The number of hydrogen-bond donors (Lipinski definition) is 2. The van der Waals surface area contributed by atoms with Crippen molar-refractivity contribution in [3.05, 3.63) is 29.8 Å². The molecule has 1 aliphatic rings. The van der Waals surface area contributed by atoms with Crippen molar-refractivity contribution >= 4 is 28.3 Å². The van der Waals surface area contributed by atoms with E-state index in [1.807, 2.05) is 0 Å². The third kappa shape index (κ3) is 6.75. The third-order valence-corrected chi connectivity index (χ3v) is 6.82. The minimum absolute atomic E-state index is 0. The van der Waals surface area contributed by atoms with Crippen LogP contribution in [-0.4, -0.2) is 51.4 Å². The molecule has 0 aromatic heterocycles. The predicted molar refractivity (Wildman–Crippen MR) is 111 cm³/mol. The topological polar surface area (TPSA) is 78.5 Å². The molecule has 0 heterocycles. The van der Waals surface area contributed by atoms with Crippen molar-refractivity contribution < 1.29 is 13.2 Å². The molecule has 154 valence electrons. The standard InChI is InChI=1S/C19H31N3O3S.ClH/c1-3-13-20-14-15-21-19(23)16-9-11-18(12-10-16)26(24,25)22(2)17-7-5-4-6-8-17;/h9-12,17,20H,3-8,13-15H2,1-2H3,(H,21,23);1H. The second-order valence-electron chi connectivity index (χ2n) is 6.84. The first kappa shape index (κ1) is 23.9. The zero-order valence-electron chi connectivity index (χ0n) is 16.2. The van der Waals surface area contributed by atoms with Crippen LogP contribution in [0.1, 0.15) is 55.8 Å². The molecule has 2 rings (SSSR count). The van der Waals surface area contributed by atoms with Crippen molar-refractivity contribution in [2.75, 3.05) is 26.7 Å². The molecule has 1 aliphatic carbocycles. The fraction of sp³-hybridized carbons (Fsp3) is 0.632. The summed E-state index contributed by atoms with van der Waals surface area (Å²) in [5.41, 5.74) is 0.472. The van der Waals surface area contributed by atoms with Crippen LogP contribution in [-0.2, 0) is 10.0 Å². The molecular formula is C19H32ClN3O3S. The second kappa shape index (κ2) is 11.6. The molecule has 1 aromatic rings. The SMILES string of the molecule is CCCNCCNC(=O)c1ccc(S(=O)(=O)N(C)C2CCCCC2)cc1.Cl. The first-order valence-electron chi connectivity index (χ1n) is 9.54. The number of halogens is 1. The van der Waals surface area contributed by atoms with Gasteiger partial charge in [0.2, 0.25) is 10.0 Å². The van der Waals surface area contributed by atoms with E-state index in [0.717, 1.165) is 45.2 Å². The molecule has 0 saturated heterocycles. The lowest BCUT2D eigenvalue weighted by atomic mass is 9.96. The number of carbonyl (C=O) groups excluding carboxylic acids is 1. The van der Waals surface area contributed by atoms with Gasteiger partial charge in [-0.1, -0.05) is 26.2 Å². The van der Waals surface area contributed by atoms with Crippen molar-refractivity contribution in [3.63, 3.8) is 0 Å². The van der Waals surface area contributed by atoms with Crippen LogP contribution in [0.5, 0.6) is 0 Å². The van der Waals surface area contributed by atoms with Crippen molar-refractivity contribution in [1.29, 1.82) is 0 Å². The Bertz CT molecular complexity index is 674. The minimum Gasteiger partial charge on any atom is -0.351 e. The number of nitrogens with zero attached hydrogens (tertiary/aromatic N) is 1. The summed E-state index contributed by atoms with van der Waals surface area (Å²) in [6, 6.07) is 6.29. The van der Waals surface area contributed by atoms with Crippen LogP contribution in [0.25, 0.3) is 0 Å². The van der Waals surface area contributed by atoms with E-state index in [1.54, 1.807) is 19.2 Å². The molecule has 0 bridgehead atoms. The van der Waals surface area contributed by atoms with Gasteiger partial charge in [0.1, 0.15) is 0 Å². The van der Waals surface area contributed by atoms with E-state index in [2.05, 4.69) is 17.6 Å². The number of rotatable bonds is 9. The number of amides is 1. The first-order chi connectivity index (χ1) is 12.5. The monoisotopic (exact) mass is 417 g/mol. The van der Waals surface area contributed by atoms with Crippen molar-refractivity contribution in [2.45, 2.75) is 56.4 Å². The van der Waals surface area contributed by atoms with E-state index in [4.69, 9.17) is 0 Å². The van der Waals surface area contributed by atoms with Crippen molar-refractivity contribution in [2.24, 2.45) is 0 Å². The maximum absolute atomic E-state index is 12.8. The molecular weight excluding hydrogens is 386 g/mol. The lowest BCUT2D eigenvalue weighted by molar-refractivity contribution is 0.0954. The molecule has 0 spiro atoms. The lowest BCUT2D eigenvalue weighted by Gasteiger charge is -2.30. The molecule has 2 N–H and O–H groups in total. The fourth-order valence-corrected chi connectivity index (χ4v) is 4.67. The van der Waals surface area contributed by atoms with Crippen molar-refractivity contribution in [1.82, 2.24) is 14.9 Å². The van der Waals surface area contributed by atoms with Crippen molar-refractivity contribution in [3.8, 4) is 0 Å². The summed E-state index contributed by atoms with van der Waals surface area (Å²) in [7, 11) is -1.85. The molecule has 1 saturated carbocycles. The maximum atomic E-state index is 12.8. The molecule has 0 unspecified atom stereocenters. The zero-order chi connectivity index (χ0) is 19.0. The van der Waals surface area contributed by atoms with Gasteiger partial charge in [0.25, 0.3) is 5.91 Å². The van der Waals surface area contributed by atoms with Gasteiger partial charge in [0.15, 0.2) is 0 Å². The number of nitrogens with one attached hydrogen (secondary N) is 2. The molecule has 0 atom stereocenters. The smallest absolute Gasteiger partial charge is 0.251 e. The normalized spacial score (nSPS) is 15.4. The van der Waals surface area contributed by atoms with E-state index in [-0.39, 0.29) is 29.3 Å². The number of benzene rings is 1. The lowest BCUT2D eigenvalue weighted by Crippen LogP contribution is -2.38. The summed E-state index contributed by atoms with van der Waals surface area (Å²) in [6.07, 6.45) is 6.24. The Morgan fingerprint density at radius 1 is 1.07 bits per heavy atom. The van der Waals surface area contributed by atoms with Crippen LogP contribution in [0.4, 0.5) is 0 Å². The zero-order valence-corrected chi connectivity index (χ0v) is 17.9. The van der Waals surface area contributed by atoms with E-state index < -0.39 is 10.0 Å². The second-order valence-corrected chi connectivity index (χ2v) is 8.84. The van der Waals surface area contributed by atoms with Gasteiger partial charge >= 0.3 is 0 Å². The van der Waals surface area contributed by atoms with Crippen LogP contribution in [0.3, 0.4) is 0 Å². The molecule has 1 aromatic carbocycles. The quantitative estimate of drug-likeness (QED) is 0.605. The Morgan fingerprint density at radius 3 is 2.30 bits per heavy atom. The molecule has 1 amide bonds. The van der Waals surface area contributed by atoms with Gasteiger partial charge in [0, 0.05) is 31.7 Å². The van der Waals surface area contributed by atoms with Crippen LogP contribution in [0.15, 0.2) is 29.2 Å². The van der Waals surface area contributed by atoms with Crippen LogP contribution in [0, 0.1) is 0 Å². The van der Waals surface area contributed by atoms with Gasteiger partial charge in [0.05, 0.1) is 4.90 Å². The van der Waals surface area contributed by atoms with E-state index >= 15 is 0 Å². The average molecular weight is 418 g/mol. The Hall–Kier alpha value is -1.15. The largest absolute Gasteiger partial charge is 0.351 e. The molecule has 0 radical (unpaired) electrons. The summed E-state index contributed by atoms with van der Waals surface area (Å²) in [5.74, 6) is -0.187. The minimum atomic E-state index is -3.52.